The molecule has 0 radical (unpaired) electrons. The zero-order valence-corrected chi connectivity index (χ0v) is 11.1. The molecule has 0 aromatic carbocycles. The minimum Gasteiger partial charge on any atom is -0.389 e. The van der Waals surface area contributed by atoms with Crippen molar-refractivity contribution in [2.75, 3.05) is 13.2 Å². The molecule has 96 valence electrons. The second-order valence-electron chi connectivity index (χ2n) is 4.05. The molecule has 17 heavy (non-hydrogen) atoms. The summed E-state index contributed by atoms with van der Waals surface area (Å²) in [5.74, 6) is 0. The number of aliphatic hydroxyl groups excluding tert-OH is 1. The van der Waals surface area contributed by atoms with E-state index in [0.29, 0.717) is 17.2 Å². The zero-order valence-electron chi connectivity index (χ0n) is 9.42. The normalized spacial score (nSPS) is 26.0. The highest BCUT2D eigenvalue weighted by Gasteiger charge is 2.29. The summed E-state index contributed by atoms with van der Waals surface area (Å²) in [5, 5.41) is 11.4. The van der Waals surface area contributed by atoms with E-state index in [0.717, 1.165) is 5.56 Å². The fourth-order valence-electron chi connectivity index (χ4n) is 1.75. The van der Waals surface area contributed by atoms with Crippen molar-refractivity contribution in [1.29, 1.82) is 0 Å². The van der Waals surface area contributed by atoms with Gasteiger partial charge in [-0.3, -0.25) is 0 Å². The topological polar surface area (TPSA) is 75.6 Å². The van der Waals surface area contributed by atoms with E-state index in [4.69, 9.17) is 4.74 Å². The summed E-state index contributed by atoms with van der Waals surface area (Å²) in [4.78, 5) is 0. The standard InChI is InChI=1S/C10H15NO4S2/c1-7-3-5-16-10(7)17(13,14)11-8-2-4-15-6-9(8)12/h3,5,8-9,11-12H,2,4,6H2,1H3/t8-,9-/m1/s1. The third-order valence-electron chi connectivity index (χ3n) is 2.69. The Bertz CT molecular complexity index is 482. The summed E-state index contributed by atoms with van der Waals surface area (Å²) in [6, 6.07) is 1.30. The molecule has 2 atom stereocenters. The number of ether oxygens (including phenoxy) is 1. The van der Waals surface area contributed by atoms with Crippen molar-refractivity contribution in [3.63, 3.8) is 0 Å². The molecule has 0 bridgehead atoms. The first-order valence-electron chi connectivity index (χ1n) is 5.33. The van der Waals surface area contributed by atoms with Gasteiger partial charge in [-0.2, -0.15) is 0 Å². The van der Waals surface area contributed by atoms with Gasteiger partial charge in [0.2, 0.25) is 0 Å². The lowest BCUT2D eigenvalue weighted by atomic mass is 10.1. The second-order valence-corrected chi connectivity index (χ2v) is 6.88. The minimum atomic E-state index is -3.53. The summed E-state index contributed by atoms with van der Waals surface area (Å²) < 4.78 is 32.1. The molecule has 2 heterocycles. The maximum Gasteiger partial charge on any atom is 0.250 e. The lowest BCUT2D eigenvalue weighted by molar-refractivity contribution is -0.0222. The lowest BCUT2D eigenvalue weighted by Gasteiger charge is -2.28. The number of thiophene rings is 1. The van der Waals surface area contributed by atoms with Gasteiger partial charge in [0, 0.05) is 6.61 Å². The maximum absolute atomic E-state index is 12.1. The summed E-state index contributed by atoms with van der Waals surface area (Å²) in [6.45, 7) is 2.40. The SMILES string of the molecule is Cc1ccsc1S(=O)(=O)N[C@@H]1CCOC[C@H]1O. The predicted octanol–water partition coefficient (Wildman–Crippen LogP) is 0.485. The molecular weight excluding hydrogens is 262 g/mol. The van der Waals surface area contributed by atoms with Gasteiger partial charge in [0.1, 0.15) is 4.21 Å². The predicted molar refractivity (Wildman–Crippen MR) is 64.6 cm³/mol. The Hall–Kier alpha value is -0.470. The molecule has 7 heteroatoms. The van der Waals surface area contributed by atoms with Crippen LogP contribution in [0.3, 0.4) is 0 Å². The Kier molecular flexibility index (Phi) is 3.84. The Balaban J connectivity index is 2.15. The van der Waals surface area contributed by atoms with Crippen LogP contribution in [0.4, 0.5) is 0 Å². The summed E-state index contributed by atoms with van der Waals surface area (Å²) in [6.07, 6.45) is -0.288. The first kappa shape index (κ1) is 13.0. The summed E-state index contributed by atoms with van der Waals surface area (Å²) >= 11 is 1.18. The molecule has 1 aromatic rings. The van der Waals surface area contributed by atoms with Crippen molar-refractivity contribution in [2.45, 2.75) is 29.7 Å². The summed E-state index contributed by atoms with van der Waals surface area (Å²) in [7, 11) is -3.53. The fraction of sp³-hybridized carbons (Fsp3) is 0.600. The molecule has 1 fully saturated rings. The van der Waals surface area contributed by atoms with Gasteiger partial charge in [-0.05, 0) is 30.4 Å². The van der Waals surface area contributed by atoms with E-state index in [1.807, 2.05) is 0 Å². The third-order valence-corrected chi connectivity index (χ3v) is 5.87. The number of rotatable bonds is 3. The van der Waals surface area contributed by atoms with E-state index >= 15 is 0 Å². The van der Waals surface area contributed by atoms with Crippen LogP contribution in [0.2, 0.25) is 0 Å². The average Bonchev–Trinajstić information content (AvgIpc) is 2.68. The first-order chi connectivity index (χ1) is 8.00. The zero-order chi connectivity index (χ0) is 12.5. The molecule has 0 aliphatic carbocycles. The van der Waals surface area contributed by atoms with Gasteiger partial charge in [-0.1, -0.05) is 0 Å². The summed E-state index contributed by atoms with van der Waals surface area (Å²) in [5.41, 5.74) is 0.726. The molecule has 2 rings (SSSR count). The number of aryl methyl sites for hydroxylation is 1. The van der Waals surface area contributed by atoms with Crippen LogP contribution in [0.5, 0.6) is 0 Å². The Labute approximate surface area is 104 Å². The lowest BCUT2D eigenvalue weighted by Crippen LogP contribution is -2.48. The molecule has 0 spiro atoms. The number of hydrogen-bond donors (Lipinski definition) is 2. The van der Waals surface area contributed by atoms with E-state index in [-0.39, 0.29) is 6.61 Å². The van der Waals surface area contributed by atoms with Gasteiger partial charge in [-0.15, -0.1) is 11.3 Å². The van der Waals surface area contributed by atoms with Gasteiger partial charge in [0.05, 0.1) is 18.8 Å². The van der Waals surface area contributed by atoms with Gasteiger partial charge >= 0.3 is 0 Å². The number of aliphatic hydroxyl groups is 1. The minimum absolute atomic E-state index is 0.177. The molecule has 1 aromatic heterocycles. The fourth-order valence-corrected chi connectivity index (χ4v) is 4.49. The molecule has 2 N–H and O–H groups in total. The molecule has 0 saturated carbocycles. The monoisotopic (exact) mass is 277 g/mol. The van der Waals surface area contributed by atoms with E-state index in [9.17, 15) is 13.5 Å². The van der Waals surface area contributed by atoms with Crippen LogP contribution in [-0.2, 0) is 14.8 Å². The highest BCUT2D eigenvalue weighted by atomic mass is 32.2. The smallest absolute Gasteiger partial charge is 0.250 e. The van der Waals surface area contributed by atoms with Crippen LogP contribution < -0.4 is 4.72 Å². The molecular formula is C10H15NO4S2. The third kappa shape index (κ3) is 2.86. The van der Waals surface area contributed by atoms with Crippen molar-refractivity contribution in [1.82, 2.24) is 4.72 Å². The maximum atomic E-state index is 12.1. The quantitative estimate of drug-likeness (QED) is 0.843. The average molecular weight is 277 g/mol. The number of hydrogen-bond acceptors (Lipinski definition) is 5. The van der Waals surface area contributed by atoms with Crippen molar-refractivity contribution in [3.05, 3.63) is 17.0 Å². The van der Waals surface area contributed by atoms with Crippen LogP contribution in [-0.4, -0.2) is 38.9 Å². The molecule has 5 nitrogen and oxygen atoms in total. The molecule has 1 aliphatic rings. The Morgan fingerprint density at radius 1 is 1.59 bits per heavy atom. The highest BCUT2D eigenvalue weighted by Crippen LogP contribution is 2.22. The van der Waals surface area contributed by atoms with Crippen molar-refractivity contribution in [3.8, 4) is 0 Å². The van der Waals surface area contributed by atoms with Crippen LogP contribution in [0.25, 0.3) is 0 Å². The van der Waals surface area contributed by atoms with E-state index in [1.54, 1.807) is 18.4 Å². The largest absolute Gasteiger partial charge is 0.389 e. The van der Waals surface area contributed by atoms with Gasteiger partial charge in [-0.25, -0.2) is 13.1 Å². The van der Waals surface area contributed by atoms with Gasteiger partial charge < -0.3 is 9.84 Å². The van der Waals surface area contributed by atoms with Crippen molar-refractivity contribution < 1.29 is 18.3 Å². The highest BCUT2D eigenvalue weighted by molar-refractivity contribution is 7.91. The van der Waals surface area contributed by atoms with Crippen molar-refractivity contribution in [2.24, 2.45) is 0 Å². The van der Waals surface area contributed by atoms with Crippen LogP contribution in [0.15, 0.2) is 15.7 Å². The number of sulfonamides is 1. The van der Waals surface area contributed by atoms with Crippen molar-refractivity contribution >= 4 is 21.4 Å². The van der Waals surface area contributed by atoms with Gasteiger partial charge in [0.15, 0.2) is 0 Å². The molecule has 0 amide bonds. The van der Waals surface area contributed by atoms with Crippen LogP contribution in [0, 0.1) is 6.92 Å². The van der Waals surface area contributed by atoms with Gasteiger partial charge in [0.25, 0.3) is 10.0 Å². The van der Waals surface area contributed by atoms with E-state index < -0.39 is 22.2 Å². The Morgan fingerprint density at radius 3 is 2.94 bits per heavy atom. The van der Waals surface area contributed by atoms with E-state index in [2.05, 4.69) is 4.72 Å². The molecule has 0 unspecified atom stereocenters. The molecule has 1 saturated heterocycles. The van der Waals surface area contributed by atoms with Crippen LogP contribution in [0.1, 0.15) is 12.0 Å². The first-order valence-corrected chi connectivity index (χ1v) is 7.69. The van der Waals surface area contributed by atoms with E-state index in [1.165, 1.54) is 11.3 Å². The number of nitrogens with one attached hydrogen (secondary N) is 1. The second kappa shape index (κ2) is 5.03. The Morgan fingerprint density at radius 2 is 2.35 bits per heavy atom. The molecule has 1 aliphatic heterocycles. The van der Waals surface area contributed by atoms with Crippen LogP contribution >= 0.6 is 11.3 Å².